The quantitative estimate of drug-likeness (QED) is 0.472. The molecule has 0 aliphatic carbocycles. The molecule has 0 aromatic heterocycles. The zero-order valence-electron chi connectivity index (χ0n) is 11.8. The van der Waals surface area contributed by atoms with Crippen LogP contribution in [0.1, 0.15) is 96.2 Å². The second kappa shape index (κ2) is 25.6. The Labute approximate surface area is 151 Å². The van der Waals surface area contributed by atoms with E-state index in [-0.39, 0.29) is 44.6 Å². The fourth-order valence-corrected chi connectivity index (χ4v) is 1.78. The van der Waals surface area contributed by atoms with Crippen molar-refractivity contribution >= 4 is 5.57 Å². The van der Waals surface area contributed by atoms with Gasteiger partial charge in [-0.2, -0.15) is 0 Å². The number of hydrogen-bond donors (Lipinski definition) is 0. The summed E-state index contributed by atoms with van der Waals surface area (Å²) in [6.45, 7) is 16.4. The molecule has 0 spiro atoms. The van der Waals surface area contributed by atoms with Gasteiger partial charge in [0.1, 0.15) is 0 Å². The molecule has 0 heterocycles. The third-order valence-corrected chi connectivity index (χ3v) is 2.44. The lowest BCUT2D eigenvalue weighted by Crippen LogP contribution is -1.93. The van der Waals surface area contributed by atoms with Crippen LogP contribution < -0.4 is 0 Å². The summed E-state index contributed by atoms with van der Waals surface area (Å²) >= 11 is 0. The minimum Gasteiger partial charge on any atom is -0.0998 e. The fourth-order valence-electron chi connectivity index (χ4n) is 1.78. The molecular formula is C23H50. The summed E-state index contributed by atoms with van der Waals surface area (Å²) in [6.07, 6.45) is 3.19. The molecule has 0 amide bonds. The van der Waals surface area contributed by atoms with Crippen molar-refractivity contribution in [3.05, 3.63) is 54.1 Å². The minimum absolute atomic E-state index is 0. The van der Waals surface area contributed by atoms with Crippen molar-refractivity contribution < 1.29 is 0 Å². The van der Waals surface area contributed by atoms with Crippen LogP contribution in [0.3, 0.4) is 0 Å². The third kappa shape index (κ3) is 16.9. The number of hydrogen-bond acceptors (Lipinski definition) is 0. The van der Waals surface area contributed by atoms with Crippen LogP contribution >= 0.6 is 0 Å². The highest BCUT2D eigenvalue weighted by Crippen LogP contribution is 2.23. The van der Waals surface area contributed by atoms with Crippen LogP contribution in [0.4, 0.5) is 0 Å². The molecule has 1 aromatic rings. The summed E-state index contributed by atoms with van der Waals surface area (Å²) < 4.78 is 0. The van der Waals surface area contributed by atoms with Gasteiger partial charge in [-0.1, -0.05) is 115 Å². The lowest BCUT2D eigenvalue weighted by molar-refractivity contribution is 0.971. The van der Waals surface area contributed by atoms with Crippen molar-refractivity contribution in [2.45, 2.75) is 91.5 Å². The topological polar surface area (TPSA) is 0 Å². The van der Waals surface area contributed by atoms with Crippen LogP contribution in [0.2, 0.25) is 0 Å². The molecule has 0 nitrogen and oxygen atoms in total. The average molecular weight is 327 g/mol. The first-order valence-electron chi connectivity index (χ1n) is 6.55. The molecule has 0 radical (unpaired) electrons. The maximum Gasteiger partial charge on any atom is -0.00665 e. The molecule has 0 fully saturated rings. The van der Waals surface area contributed by atoms with Gasteiger partial charge in [0, 0.05) is 0 Å². The van der Waals surface area contributed by atoms with E-state index in [1.807, 2.05) is 13.8 Å². The standard InChI is InChI=1S/C15H20.C2H6.6CH4/c1-5-8-13(4)15-10-7-6-9-14(15)11-12(2)3;1-2;;;;;;/h6-7,9-10H,2,4-5,8,11H2,1,3H3;1-2H3;6*1H4. The van der Waals surface area contributed by atoms with Crippen LogP contribution in [0.25, 0.3) is 5.57 Å². The molecule has 142 valence electrons. The summed E-state index contributed by atoms with van der Waals surface area (Å²) in [5, 5.41) is 0. The van der Waals surface area contributed by atoms with E-state index < -0.39 is 0 Å². The molecule has 0 N–H and O–H groups in total. The zero-order chi connectivity index (χ0) is 13.3. The van der Waals surface area contributed by atoms with Gasteiger partial charge in [0.2, 0.25) is 0 Å². The Hall–Kier alpha value is -1.30. The summed E-state index contributed by atoms with van der Waals surface area (Å²) in [5.74, 6) is 0. The number of rotatable bonds is 5. The SMILES string of the molecule is C.C.C.C.C.C.C=C(C)Cc1ccccc1C(=C)CCC.CC. The van der Waals surface area contributed by atoms with Gasteiger partial charge in [0.05, 0.1) is 0 Å². The van der Waals surface area contributed by atoms with Crippen LogP contribution in [0.5, 0.6) is 0 Å². The van der Waals surface area contributed by atoms with E-state index in [4.69, 9.17) is 0 Å². The summed E-state index contributed by atoms with van der Waals surface area (Å²) in [6, 6.07) is 8.50. The molecule has 23 heavy (non-hydrogen) atoms. The highest BCUT2D eigenvalue weighted by molar-refractivity contribution is 5.66. The highest BCUT2D eigenvalue weighted by atomic mass is 14.1. The first-order chi connectivity index (χ1) is 8.15. The van der Waals surface area contributed by atoms with E-state index in [0.717, 1.165) is 19.3 Å². The smallest absolute Gasteiger partial charge is 0.00665 e. The first kappa shape index (κ1) is 43.0. The Kier molecular flexibility index (Phi) is 48.0. The number of allylic oxidation sites excluding steroid dienone is 2. The predicted molar refractivity (Wildman–Crippen MR) is 121 cm³/mol. The molecule has 0 aliphatic heterocycles. The predicted octanol–water partition coefficient (Wildman–Crippen LogP) is 9.46. The lowest BCUT2D eigenvalue weighted by Gasteiger charge is -2.11. The Morgan fingerprint density at radius 1 is 0.870 bits per heavy atom. The van der Waals surface area contributed by atoms with E-state index in [0.29, 0.717) is 0 Å². The van der Waals surface area contributed by atoms with Crippen molar-refractivity contribution in [3.63, 3.8) is 0 Å². The van der Waals surface area contributed by atoms with Gasteiger partial charge >= 0.3 is 0 Å². The monoisotopic (exact) mass is 326 g/mol. The minimum atomic E-state index is 0. The van der Waals surface area contributed by atoms with Crippen molar-refractivity contribution in [2.24, 2.45) is 0 Å². The van der Waals surface area contributed by atoms with Crippen molar-refractivity contribution in [1.82, 2.24) is 0 Å². The van der Waals surface area contributed by atoms with Gasteiger partial charge < -0.3 is 0 Å². The fraction of sp³-hybridized carbons (Fsp3) is 0.565. The molecule has 0 heteroatoms. The van der Waals surface area contributed by atoms with Crippen molar-refractivity contribution in [1.29, 1.82) is 0 Å². The van der Waals surface area contributed by atoms with Gasteiger partial charge in [-0.25, -0.2) is 0 Å². The van der Waals surface area contributed by atoms with E-state index in [1.54, 1.807) is 0 Å². The second-order valence-corrected chi connectivity index (χ2v) is 4.14. The third-order valence-electron chi connectivity index (χ3n) is 2.44. The maximum atomic E-state index is 4.15. The van der Waals surface area contributed by atoms with E-state index >= 15 is 0 Å². The van der Waals surface area contributed by atoms with Gasteiger partial charge in [-0.15, -0.1) is 0 Å². The Bertz CT molecular complexity index is 358. The van der Waals surface area contributed by atoms with Gasteiger partial charge in [-0.3, -0.25) is 0 Å². The summed E-state index contributed by atoms with van der Waals surface area (Å²) in [5.41, 5.74) is 5.10. The highest BCUT2D eigenvalue weighted by Gasteiger charge is 2.04. The Balaban J connectivity index is -0.0000000615. The summed E-state index contributed by atoms with van der Waals surface area (Å²) in [7, 11) is 0. The van der Waals surface area contributed by atoms with E-state index in [2.05, 4.69) is 51.3 Å². The largest absolute Gasteiger partial charge is 0.0998 e. The first-order valence-corrected chi connectivity index (χ1v) is 6.55. The van der Waals surface area contributed by atoms with Gasteiger partial charge in [0.15, 0.2) is 0 Å². The van der Waals surface area contributed by atoms with Crippen LogP contribution in [0.15, 0.2) is 43.0 Å². The normalized spacial score (nSPS) is 6.78. The molecule has 0 saturated heterocycles. The average Bonchev–Trinajstić information content (AvgIpc) is 2.32. The van der Waals surface area contributed by atoms with E-state index in [9.17, 15) is 0 Å². The van der Waals surface area contributed by atoms with E-state index in [1.165, 1.54) is 22.3 Å². The Morgan fingerprint density at radius 3 is 1.70 bits per heavy atom. The number of benzene rings is 1. The molecule has 0 unspecified atom stereocenters. The van der Waals surface area contributed by atoms with Crippen molar-refractivity contribution in [2.75, 3.05) is 0 Å². The van der Waals surface area contributed by atoms with Crippen LogP contribution in [0, 0.1) is 0 Å². The second-order valence-electron chi connectivity index (χ2n) is 4.14. The van der Waals surface area contributed by atoms with Gasteiger partial charge in [0.25, 0.3) is 0 Å². The Morgan fingerprint density at radius 2 is 1.30 bits per heavy atom. The molecular weight excluding hydrogens is 276 g/mol. The maximum absolute atomic E-state index is 4.15. The van der Waals surface area contributed by atoms with Gasteiger partial charge in [-0.05, 0) is 36.5 Å². The van der Waals surface area contributed by atoms with Crippen LogP contribution in [-0.4, -0.2) is 0 Å². The molecule has 0 saturated carbocycles. The van der Waals surface area contributed by atoms with Crippen LogP contribution in [-0.2, 0) is 6.42 Å². The molecule has 1 rings (SSSR count). The zero-order valence-corrected chi connectivity index (χ0v) is 11.8. The van der Waals surface area contributed by atoms with Crippen molar-refractivity contribution in [3.8, 4) is 0 Å². The molecule has 0 bridgehead atoms. The summed E-state index contributed by atoms with van der Waals surface area (Å²) in [4.78, 5) is 0. The molecule has 1 aromatic carbocycles. The molecule has 0 atom stereocenters. The lowest BCUT2D eigenvalue weighted by atomic mass is 9.94. The molecule has 0 aliphatic rings.